The van der Waals surface area contributed by atoms with Crippen LogP contribution in [0.3, 0.4) is 0 Å². The van der Waals surface area contributed by atoms with Crippen molar-refractivity contribution in [1.29, 1.82) is 0 Å². The molecule has 0 atom stereocenters. The van der Waals surface area contributed by atoms with Crippen LogP contribution in [0, 0.1) is 13.8 Å². The Morgan fingerprint density at radius 1 is 1.29 bits per heavy atom. The molecular formula is C19H26N4O4S. The third kappa shape index (κ3) is 4.60. The first kappa shape index (κ1) is 20.5. The molecule has 8 nitrogen and oxygen atoms in total. The fourth-order valence-electron chi connectivity index (χ4n) is 3.31. The Hall–Kier alpha value is -2.23. The molecule has 3 rings (SSSR count). The Kier molecular flexibility index (Phi) is 6.17. The second kappa shape index (κ2) is 8.42. The highest BCUT2D eigenvalue weighted by Crippen LogP contribution is 2.23. The molecular weight excluding hydrogens is 380 g/mol. The maximum absolute atomic E-state index is 12.7. The summed E-state index contributed by atoms with van der Waals surface area (Å²) >= 11 is 0. The highest BCUT2D eigenvalue weighted by Gasteiger charge is 2.27. The molecule has 1 amide bonds. The molecule has 1 aliphatic heterocycles. The second-order valence-corrected chi connectivity index (χ2v) is 9.10. The molecule has 9 heteroatoms. The molecule has 0 unspecified atom stereocenters. The van der Waals surface area contributed by atoms with Gasteiger partial charge < -0.3 is 9.84 Å². The van der Waals surface area contributed by atoms with Gasteiger partial charge >= 0.3 is 0 Å². The first-order chi connectivity index (χ1) is 13.3. The molecule has 1 aliphatic rings. The van der Waals surface area contributed by atoms with E-state index >= 15 is 0 Å². The zero-order valence-corrected chi connectivity index (χ0v) is 17.3. The Morgan fingerprint density at radius 2 is 2.00 bits per heavy atom. The average molecular weight is 407 g/mol. The van der Waals surface area contributed by atoms with E-state index in [1.165, 1.54) is 10.4 Å². The number of aromatic nitrogens is 1. The predicted octanol–water partition coefficient (Wildman–Crippen LogP) is 2.15. The second-order valence-electron chi connectivity index (χ2n) is 7.16. The summed E-state index contributed by atoms with van der Waals surface area (Å²) in [5.41, 5.74) is 2.24. The molecule has 2 heterocycles. The van der Waals surface area contributed by atoms with Gasteiger partial charge in [0.1, 0.15) is 5.76 Å². The van der Waals surface area contributed by atoms with Crippen molar-refractivity contribution >= 4 is 21.6 Å². The van der Waals surface area contributed by atoms with Crippen molar-refractivity contribution in [3.8, 4) is 0 Å². The van der Waals surface area contributed by atoms with Crippen LogP contribution in [-0.4, -0.2) is 55.4 Å². The van der Waals surface area contributed by atoms with E-state index in [9.17, 15) is 13.2 Å². The number of aryl methyl sites for hydroxylation is 2. The van der Waals surface area contributed by atoms with Crippen LogP contribution >= 0.6 is 0 Å². The number of hydrogen-bond donors (Lipinski definition) is 1. The molecule has 0 aliphatic carbocycles. The van der Waals surface area contributed by atoms with Crippen LogP contribution in [0.25, 0.3) is 0 Å². The molecule has 1 fully saturated rings. The lowest BCUT2D eigenvalue weighted by Crippen LogP contribution is -2.30. The largest absolute Gasteiger partial charge is 0.361 e. The number of carbonyl (C=O) groups excluding carboxylic acids is 1. The minimum atomic E-state index is -3.51. The number of carbonyl (C=O) groups is 1. The maximum Gasteiger partial charge on any atom is 0.243 e. The summed E-state index contributed by atoms with van der Waals surface area (Å²) in [5, 5.41) is 6.70. The van der Waals surface area contributed by atoms with Gasteiger partial charge in [-0.15, -0.1) is 0 Å². The lowest BCUT2D eigenvalue weighted by molar-refractivity contribution is -0.117. The van der Waals surface area contributed by atoms with Gasteiger partial charge in [0.25, 0.3) is 0 Å². The lowest BCUT2D eigenvalue weighted by atomic mass is 10.2. The van der Waals surface area contributed by atoms with E-state index in [2.05, 4.69) is 10.5 Å². The van der Waals surface area contributed by atoms with E-state index in [-0.39, 0.29) is 17.3 Å². The summed E-state index contributed by atoms with van der Waals surface area (Å²) in [5.74, 6) is 0.523. The van der Waals surface area contributed by atoms with Crippen LogP contribution in [-0.2, 0) is 21.4 Å². The molecule has 0 radical (unpaired) electrons. The highest BCUT2D eigenvalue weighted by molar-refractivity contribution is 7.89. The molecule has 0 saturated carbocycles. The van der Waals surface area contributed by atoms with E-state index in [1.807, 2.05) is 25.8 Å². The molecule has 1 N–H and O–H groups in total. The molecule has 152 valence electrons. The summed E-state index contributed by atoms with van der Waals surface area (Å²) in [4.78, 5) is 14.4. The molecule has 1 saturated heterocycles. The Morgan fingerprint density at radius 3 is 2.64 bits per heavy atom. The minimum absolute atomic E-state index is 0.160. The van der Waals surface area contributed by atoms with Gasteiger partial charge in [-0.25, -0.2) is 8.42 Å². The van der Waals surface area contributed by atoms with Crippen LogP contribution in [0.5, 0.6) is 0 Å². The zero-order chi connectivity index (χ0) is 20.3. The SMILES string of the molecule is Cc1noc(C)c1CN(C)CC(=O)Nc1cccc(S(=O)(=O)N2CCCC2)c1. The van der Waals surface area contributed by atoms with E-state index in [4.69, 9.17) is 4.52 Å². The smallest absolute Gasteiger partial charge is 0.243 e. The maximum atomic E-state index is 12.7. The van der Waals surface area contributed by atoms with Gasteiger partial charge in [0, 0.05) is 30.9 Å². The van der Waals surface area contributed by atoms with Gasteiger partial charge in [0.15, 0.2) is 0 Å². The van der Waals surface area contributed by atoms with E-state index in [1.54, 1.807) is 18.2 Å². The van der Waals surface area contributed by atoms with Gasteiger partial charge in [-0.2, -0.15) is 4.31 Å². The molecule has 1 aromatic heterocycles. The molecule has 0 spiro atoms. The van der Waals surface area contributed by atoms with Crippen LogP contribution < -0.4 is 5.32 Å². The fourth-order valence-corrected chi connectivity index (χ4v) is 4.87. The monoisotopic (exact) mass is 406 g/mol. The molecule has 1 aromatic carbocycles. The van der Waals surface area contributed by atoms with Gasteiger partial charge in [-0.3, -0.25) is 9.69 Å². The Bertz CT molecular complexity index is 929. The third-order valence-electron chi connectivity index (χ3n) is 4.84. The number of nitrogens with zero attached hydrogens (tertiary/aromatic N) is 3. The quantitative estimate of drug-likeness (QED) is 0.757. The Balaban J connectivity index is 1.63. The van der Waals surface area contributed by atoms with Gasteiger partial charge in [0.05, 0.1) is 17.1 Å². The van der Waals surface area contributed by atoms with Crippen LogP contribution in [0.1, 0.15) is 29.9 Å². The number of rotatable bonds is 7. The van der Waals surface area contributed by atoms with Crippen LogP contribution in [0.2, 0.25) is 0 Å². The lowest BCUT2D eigenvalue weighted by Gasteiger charge is -2.17. The number of likely N-dealkylation sites (N-methyl/N-ethyl adjacent to an activating group) is 1. The summed E-state index contributed by atoms with van der Waals surface area (Å²) in [6.45, 7) is 5.50. The van der Waals surface area contributed by atoms with Crippen molar-refractivity contribution in [3.63, 3.8) is 0 Å². The number of amides is 1. The van der Waals surface area contributed by atoms with Gasteiger partial charge in [-0.1, -0.05) is 11.2 Å². The summed E-state index contributed by atoms with van der Waals surface area (Å²) in [6, 6.07) is 6.41. The molecule has 28 heavy (non-hydrogen) atoms. The summed E-state index contributed by atoms with van der Waals surface area (Å²) in [7, 11) is -1.68. The number of nitrogens with one attached hydrogen (secondary N) is 1. The van der Waals surface area contributed by atoms with Crippen molar-refractivity contribution in [2.75, 3.05) is 32.0 Å². The van der Waals surface area contributed by atoms with Gasteiger partial charge in [0.2, 0.25) is 15.9 Å². The van der Waals surface area contributed by atoms with Crippen LogP contribution in [0.15, 0.2) is 33.7 Å². The van der Waals surface area contributed by atoms with Crippen molar-refractivity contribution in [1.82, 2.24) is 14.4 Å². The zero-order valence-electron chi connectivity index (χ0n) is 16.4. The fraction of sp³-hybridized carbons (Fsp3) is 0.474. The number of anilines is 1. The van der Waals surface area contributed by atoms with Crippen LogP contribution in [0.4, 0.5) is 5.69 Å². The standard InChI is InChI=1S/C19H26N4O4S/c1-14-18(15(2)27-21-14)12-22(3)13-19(24)20-16-7-6-8-17(11-16)28(25,26)23-9-4-5-10-23/h6-8,11H,4-5,9-10,12-13H2,1-3H3,(H,20,24). The van der Waals surface area contributed by atoms with Crippen molar-refractivity contribution < 1.29 is 17.7 Å². The first-order valence-corrected chi connectivity index (χ1v) is 10.7. The van der Waals surface area contributed by atoms with E-state index < -0.39 is 10.0 Å². The third-order valence-corrected chi connectivity index (χ3v) is 6.74. The topological polar surface area (TPSA) is 95.7 Å². The number of hydrogen-bond acceptors (Lipinski definition) is 6. The Labute approximate surface area is 165 Å². The van der Waals surface area contributed by atoms with Crippen molar-refractivity contribution in [3.05, 3.63) is 41.3 Å². The summed E-state index contributed by atoms with van der Waals surface area (Å²) < 4.78 is 32.0. The minimum Gasteiger partial charge on any atom is -0.361 e. The first-order valence-electron chi connectivity index (χ1n) is 9.28. The normalized spacial score (nSPS) is 15.3. The number of benzene rings is 1. The average Bonchev–Trinajstić information content (AvgIpc) is 3.28. The summed E-state index contributed by atoms with van der Waals surface area (Å²) in [6.07, 6.45) is 1.76. The van der Waals surface area contributed by atoms with Gasteiger partial charge in [-0.05, 0) is 51.9 Å². The van der Waals surface area contributed by atoms with E-state index in [0.717, 1.165) is 29.9 Å². The van der Waals surface area contributed by atoms with Crippen molar-refractivity contribution in [2.24, 2.45) is 0 Å². The predicted molar refractivity (Wildman–Crippen MR) is 105 cm³/mol. The van der Waals surface area contributed by atoms with E-state index in [0.29, 0.717) is 25.3 Å². The molecule has 2 aromatic rings. The molecule has 0 bridgehead atoms. The van der Waals surface area contributed by atoms with Crippen molar-refractivity contribution in [2.45, 2.75) is 38.1 Å². The highest BCUT2D eigenvalue weighted by atomic mass is 32.2. The number of sulfonamides is 1.